The van der Waals surface area contributed by atoms with Gasteiger partial charge in [0, 0.05) is 6.54 Å². The predicted octanol–water partition coefficient (Wildman–Crippen LogP) is 1.33. The number of hydroxylamine groups is 2. The van der Waals surface area contributed by atoms with Crippen LogP contribution >= 0.6 is 0 Å². The monoisotopic (exact) mass is 160 g/mol. The molecule has 0 rings (SSSR count). The summed E-state index contributed by atoms with van der Waals surface area (Å²) in [7, 11) is 0. The molecule has 0 atom stereocenters. The Morgan fingerprint density at radius 2 is 2.00 bits per heavy atom. The third-order valence-electron chi connectivity index (χ3n) is 1.98. The third kappa shape index (κ3) is 2.17. The van der Waals surface area contributed by atoms with Crippen LogP contribution in [0.2, 0.25) is 0 Å². The molecule has 0 spiro atoms. The molecule has 4 heteroatoms. The van der Waals surface area contributed by atoms with Gasteiger partial charge in [-0.2, -0.15) is 5.06 Å². The van der Waals surface area contributed by atoms with E-state index in [1.165, 1.54) is 0 Å². The van der Waals surface area contributed by atoms with Gasteiger partial charge in [-0.25, -0.2) is 0 Å². The quantitative estimate of drug-likeness (QED) is 0.372. The highest BCUT2D eigenvalue weighted by Gasteiger charge is 2.28. The van der Waals surface area contributed by atoms with E-state index in [1.54, 1.807) is 20.8 Å². The van der Waals surface area contributed by atoms with Crippen LogP contribution in [0.4, 0.5) is 0 Å². The van der Waals surface area contributed by atoms with Crippen LogP contribution in [0.1, 0.15) is 27.7 Å². The molecule has 0 aromatic carbocycles. The Morgan fingerprint density at radius 1 is 1.55 bits per heavy atom. The average Bonchev–Trinajstić information content (AvgIpc) is 2.01. The molecular weight excluding hydrogens is 144 g/mol. The normalized spacial score (nSPS) is 14.2. The first kappa shape index (κ1) is 10.4. The molecule has 2 N–H and O–H groups in total. The zero-order valence-electron chi connectivity index (χ0n) is 7.50. The largest absolute Gasteiger partial charge is 0.411 e. The van der Waals surface area contributed by atoms with Gasteiger partial charge in [0.2, 0.25) is 0 Å². The van der Waals surface area contributed by atoms with Gasteiger partial charge in [0.25, 0.3) is 0 Å². The van der Waals surface area contributed by atoms with E-state index in [0.717, 1.165) is 5.06 Å². The van der Waals surface area contributed by atoms with Gasteiger partial charge in [-0.3, -0.25) is 0 Å². The van der Waals surface area contributed by atoms with Crippen LogP contribution in [0.3, 0.4) is 0 Å². The van der Waals surface area contributed by atoms with Crippen molar-refractivity contribution in [3.63, 3.8) is 0 Å². The molecule has 0 fully saturated rings. The molecule has 0 aliphatic heterocycles. The summed E-state index contributed by atoms with van der Waals surface area (Å²) >= 11 is 0. The number of rotatable bonds is 3. The second kappa shape index (κ2) is 3.69. The van der Waals surface area contributed by atoms with E-state index in [-0.39, 0.29) is 0 Å². The Labute approximate surface area is 67.1 Å². The second-order valence-corrected chi connectivity index (χ2v) is 2.96. The lowest BCUT2D eigenvalue weighted by Crippen LogP contribution is -2.47. The summed E-state index contributed by atoms with van der Waals surface area (Å²) in [6, 6.07) is 0. The molecular formula is C7H16N2O2. The van der Waals surface area contributed by atoms with Gasteiger partial charge < -0.3 is 10.4 Å². The minimum absolute atomic E-state index is 0.488. The fraction of sp³-hybridized carbons (Fsp3) is 0.857. The molecule has 0 aliphatic rings. The molecule has 0 aromatic rings. The van der Waals surface area contributed by atoms with Crippen LogP contribution in [0, 0.1) is 0 Å². The fourth-order valence-corrected chi connectivity index (χ4v) is 0.704. The van der Waals surface area contributed by atoms with Crippen molar-refractivity contribution in [2.75, 3.05) is 6.54 Å². The van der Waals surface area contributed by atoms with Crippen molar-refractivity contribution >= 4 is 5.71 Å². The first-order chi connectivity index (χ1) is 4.96. The summed E-state index contributed by atoms with van der Waals surface area (Å²) in [6.45, 7) is 7.56. The summed E-state index contributed by atoms with van der Waals surface area (Å²) in [5.41, 5.74) is -0.106. The maximum Gasteiger partial charge on any atom is 0.0814 e. The zero-order chi connectivity index (χ0) is 9.07. The molecule has 0 aromatic heterocycles. The second-order valence-electron chi connectivity index (χ2n) is 2.96. The van der Waals surface area contributed by atoms with E-state index in [4.69, 9.17) is 5.21 Å². The smallest absolute Gasteiger partial charge is 0.0814 e. The van der Waals surface area contributed by atoms with Crippen molar-refractivity contribution in [3.8, 4) is 0 Å². The van der Waals surface area contributed by atoms with Crippen molar-refractivity contribution in [2.24, 2.45) is 5.16 Å². The summed E-state index contributed by atoms with van der Waals surface area (Å²) in [6.07, 6.45) is 0. The Balaban J connectivity index is 4.44. The van der Waals surface area contributed by atoms with Gasteiger partial charge in [-0.1, -0.05) is 12.1 Å². The van der Waals surface area contributed by atoms with E-state index in [0.29, 0.717) is 12.3 Å². The standard InChI is InChI=1S/C7H16N2O2/c1-5-9(11)7(3,4)6(2)8-10/h10-11H,5H2,1-4H3. The maximum atomic E-state index is 9.33. The summed E-state index contributed by atoms with van der Waals surface area (Å²) in [4.78, 5) is 0. The number of nitrogens with zero attached hydrogens (tertiary/aromatic N) is 2. The minimum Gasteiger partial charge on any atom is -0.411 e. The minimum atomic E-state index is -0.594. The van der Waals surface area contributed by atoms with Crippen LogP contribution in [-0.2, 0) is 0 Å². The average molecular weight is 160 g/mol. The van der Waals surface area contributed by atoms with Gasteiger partial charge in [0.05, 0.1) is 11.3 Å². The molecule has 0 saturated heterocycles. The highest BCUT2D eigenvalue weighted by atomic mass is 16.5. The number of hydrogen-bond acceptors (Lipinski definition) is 4. The van der Waals surface area contributed by atoms with Gasteiger partial charge >= 0.3 is 0 Å². The van der Waals surface area contributed by atoms with Crippen LogP contribution in [-0.4, -0.2) is 33.3 Å². The molecule has 11 heavy (non-hydrogen) atoms. The maximum absolute atomic E-state index is 9.33. The van der Waals surface area contributed by atoms with Crippen molar-refractivity contribution < 1.29 is 10.4 Å². The molecule has 0 radical (unpaired) electrons. The highest BCUT2D eigenvalue weighted by molar-refractivity contribution is 5.89. The Morgan fingerprint density at radius 3 is 2.27 bits per heavy atom. The predicted molar refractivity (Wildman–Crippen MR) is 43.1 cm³/mol. The lowest BCUT2D eigenvalue weighted by molar-refractivity contribution is -0.134. The van der Waals surface area contributed by atoms with Gasteiger partial charge in [0.15, 0.2) is 0 Å². The van der Waals surface area contributed by atoms with Crippen LogP contribution in [0.25, 0.3) is 0 Å². The Bertz CT molecular complexity index is 155. The molecule has 0 aliphatic carbocycles. The van der Waals surface area contributed by atoms with Gasteiger partial charge in [0.1, 0.15) is 0 Å². The Hall–Kier alpha value is -0.610. The molecule has 0 amide bonds. The summed E-state index contributed by atoms with van der Waals surface area (Å²) in [5, 5.41) is 22.0. The molecule has 0 unspecified atom stereocenters. The summed E-state index contributed by atoms with van der Waals surface area (Å²) in [5.74, 6) is 0. The zero-order valence-corrected chi connectivity index (χ0v) is 7.50. The number of oxime groups is 1. The van der Waals surface area contributed by atoms with Crippen molar-refractivity contribution in [1.29, 1.82) is 0 Å². The molecule has 0 bridgehead atoms. The first-order valence-corrected chi connectivity index (χ1v) is 3.62. The topological polar surface area (TPSA) is 56.1 Å². The van der Waals surface area contributed by atoms with Crippen LogP contribution in [0.5, 0.6) is 0 Å². The molecule has 0 heterocycles. The van der Waals surface area contributed by atoms with Crippen molar-refractivity contribution in [1.82, 2.24) is 5.06 Å². The molecule has 0 saturated carbocycles. The van der Waals surface area contributed by atoms with Gasteiger partial charge in [-0.15, -0.1) is 0 Å². The van der Waals surface area contributed by atoms with E-state index in [1.807, 2.05) is 6.92 Å². The lowest BCUT2D eigenvalue weighted by Gasteiger charge is -2.31. The fourth-order valence-electron chi connectivity index (χ4n) is 0.704. The van der Waals surface area contributed by atoms with E-state index in [9.17, 15) is 5.21 Å². The van der Waals surface area contributed by atoms with Crippen LogP contribution < -0.4 is 0 Å². The third-order valence-corrected chi connectivity index (χ3v) is 1.98. The molecule has 4 nitrogen and oxygen atoms in total. The van der Waals surface area contributed by atoms with Crippen molar-refractivity contribution in [3.05, 3.63) is 0 Å². The highest BCUT2D eigenvalue weighted by Crippen LogP contribution is 2.13. The lowest BCUT2D eigenvalue weighted by atomic mass is 9.99. The Kier molecular flexibility index (Phi) is 3.48. The van der Waals surface area contributed by atoms with E-state index >= 15 is 0 Å². The first-order valence-electron chi connectivity index (χ1n) is 3.62. The number of hydrogen-bond donors (Lipinski definition) is 2. The van der Waals surface area contributed by atoms with Gasteiger partial charge in [-0.05, 0) is 20.8 Å². The van der Waals surface area contributed by atoms with Crippen molar-refractivity contribution in [2.45, 2.75) is 33.2 Å². The van der Waals surface area contributed by atoms with E-state index < -0.39 is 5.54 Å². The van der Waals surface area contributed by atoms with E-state index in [2.05, 4.69) is 5.16 Å². The molecule has 66 valence electrons. The summed E-state index contributed by atoms with van der Waals surface area (Å²) < 4.78 is 0. The van der Waals surface area contributed by atoms with Crippen LogP contribution in [0.15, 0.2) is 5.16 Å². The SMILES string of the molecule is CCN(O)C(C)(C)C(C)=NO.